The fourth-order valence-electron chi connectivity index (χ4n) is 13.2. The lowest BCUT2D eigenvalue weighted by Crippen LogP contribution is -2.61. The molecular formula is C67H73BN2O. The van der Waals surface area contributed by atoms with E-state index < -0.39 is 0 Å². The highest BCUT2D eigenvalue weighted by molar-refractivity contribution is 7.00. The van der Waals surface area contributed by atoms with Gasteiger partial charge in [-0.1, -0.05) is 164 Å². The SMILES string of the molecule is Cc1cc2c3c(c1)N(c1ccc(C(C)(C)C)cc1)c1c(oc4cc5c(cc14)C(C)(C)CCC5(C)C)B3c1cc3c(cc1N2c1ccc(C(C)(C)C)cc1-c1cccc2ccccc12)C(C)(C)CCC3(C)C. The molecule has 0 saturated carbocycles. The van der Waals surface area contributed by atoms with Crippen LogP contribution in [0.25, 0.3) is 32.9 Å². The molecule has 1 aromatic heterocycles. The Hall–Kier alpha value is -6.00. The van der Waals surface area contributed by atoms with Crippen molar-refractivity contribution in [1.29, 1.82) is 0 Å². The first-order valence-corrected chi connectivity index (χ1v) is 26.6. The van der Waals surface area contributed by atoms with E-state index in [0.717, 1.165) is 42.6 Å². The highest BCUT2D eigenvalue weighted by Crippen LogP contribution is 2.55. The first kappa shape index (κ1) is 46.1. The lowest BCUT2D eigenvalue weighted by atomic mass is 9.35. The monoisotopic (exact) mass is 933 g/mol. The smallest absolute Gasteiger partial charge is 0.297 e. The average Bonchev–Trinajstić information content (AvgIpc) is 3.68. The first-order valence-electron chi connectivity index (χ1n) is 26.6. The summed E-state index contributed by atoms with van der Waals surface area (Å²) in [6, 6.07) is 47.8. The lowest BCUT2D eigenvalue weighted by molar-refractivity contribution is 0.332. The van der Waals surface area contributed by atoms with Crippen LogP contribution in [0.2, 0.25) is 0 Å². The van der Waals surface area contributed by atoms with Gasteiger partial charge in [0.2, 0.25) is 0 Å². The Bertz CT molecular complexity index is 3520. The summed E-state index contributed by atoms with van der Waals surface area (Å²) in [5.74, 6) is 0. The third-order valence-electron chi connectivity index (χ3n) is 17.9. The van der Waals surface area contributed by atoms with Gasteiger partial charge in [-0.3, -0.25) is 0 Å². The van der Waals surface area contributed by atoms with E-state index in [0.29, 0.717) is 0 Å². The van der Waals surface area contributed by atoms with E-state index in [-0.39, 0.29) is 39.2 Å². The molecule has 0 spiro atoms. The summed E-state index contributed by atoms with van der Waals surface area (Å²) < 4.78 is 7.70. The fraction of sp³-hybridized carbons (Fsp3) is 0.373. The second kappa shape index (κ2) is 15.0. The number of furan rings is 1. The van der Waals surface area contributed by atoms with Crippen LogP contribution < -0.4 is 26.4 Å². The maximum atomic E-state index is 7.70. The van der Waals surface area contributed by atoms with Crippen molar-refractivity contribution in [3.05, 3.63) is 160 Å². The Morgan fingerprint density at radius 3 is 1.66 bits per heavy atom. The number of hydrogen-bond acceptors (Lipinski definition) is 3. The van der Waals surface area contributed by atoms with E-state index in [1.807, 2.05) is 0 Å². The maximum Gasteiger partial charge on any atom is 0.297 e. The van der Waals surface area contributed by atoms with Gasteiger partial charge in [0, 0.05) is 33.7 Å². The molecule has 7 aromatic carbocycles. The molecule has 0 radical (unpaired) electrons. The lowest BCUT2D eigenvalue weighted by Gasteiger charge is -2.47. The highest BCUT2D eigenvalue weighted by atomic mass is 16.3. The van der Waals surface area contributed by atoms with Crippen LogP contribution in [-0.4, -0.2) is 6.71 Å². The van der Waals surface area contributed by atoms with Gasteiger partial charge in [-0.05, 0) is 186 Å². The third kappa shape index (κ3) is 6.96. The zero-order chi connectivity index (χ0) is 50.1. The quantitative estimate of drug-likeness (QED) is 0.165. The Balaban J connectivity index is 1.23. The Morgan fingerprint density at radius 1 is 0.479 bits per heavy atom. The number of fused-ring (bicyclic) bond motifs is 9. The normalized spacial score (nSPS) is 18.2. The van der Waals surface area contributed by atoms with Gasteiger partial charge in [-0.15, -0.1) is 0 Å². The predicted molar refractivity (Wildman–Crippen MR) is 306 cm³/mol. The Labute approximate surface area is 424 Å². The molecule has 0 fully saturated rings. The largest absolute Gasteiger partial charge is 0.468 e. The van der Waals surface area contributed by atoms with Crippen molar-refractivity contribution < 1.29 is 4.42 Å². The van der Waals surface area contributed by atoms with Crippen molar-refractivity contribution in [1.82, 2.24) is 0 Å². The van der Waals surface area contributed by atoms with Crippen molar-refractivity contribution in [3.8, 4) is 11.1 Å². The summed E-state index contributed by atoms with van der Waals surface area (Å²) >= 11 is 0. The molecule has 3 nitrogen and oxygen atoms in total. The maximum absolute atomic E-state index is 7.70. The van der Waals surface area contributed by atoms with Crippen molar-refractivity contribution in [2.75, 3.05) is 9.80 Å². The molecule has 4 heteroatoms. The van der Waals surface area contributed by atoms with Crippen LogP contribution in [0.1, 0.15) is 162 Å². The minimum absolute atomic E-state index is 0.00390. The van der Waals surface area contributed by atoms with Gasteiger partial charge < -0.3 is 14.2 Å². The topological polar surface area (TPSA) is 19.6 Å². The molecule has 0 atom stereocenters. The van der Waals surface area contributed by atoms with Crippen LogP contribution in [0, 0.1) is 6.92 Å². The zero-order valence-electron chi connectivity index (χ0n) is 45.3. The van der Waals surface area contributed by atoms with Crippen LogP contribution in [-0.2, 0) is 32.5 Å². The van der Waals surface area contributed by atoms with Gasteiger partial charge in [0.15, 0.2) is 0 Å². The molecule has 3 heterocycles. The number of benzene rings is 7. The summed E-state index contributed by atoms with van der Waals surface area (Å²) in [7, 11) is 0. The van der Waals surface area contributed by atoms with Crippen LogP contribution in [0.15, 0.2) is 126 Å². The van der Waals surface area contributed by atoms with Gasteiger partial charge in [-0.2, -0.15) is 0 Å². The summed E-state index contributed by atoms with van der Waals surface area (Å²) in [6.07, 6.45) is 4.60. The summed E-state index contributed by atoms with van der Waals surface area (Å²) in [5.41, 5.74) is 24.2. The summed E-state index contributed by atoms with van der Waals surface area (Å²) in [6.45, 7) is 35.8. The molecule has 8 aromatic rings. The molecule has 12 rings (SSSR count). The number of anilines is 6. The predicted octanol–water partition coefficient (Wildman–Crippen LogP) is 16.9. The zero-order valence-corrected chi connectivity index (χ0v) is 45.3. The van der Waals surface area contributed by atoms with Gasteiger partial charge in [0.25, 0.3) is 6.71 Å². The number of nitrogens with zero attached hydrogens (tertiary/aromatic N) is 2. The molecule has 2 aliphatic heterocycles. The molecule has 0 saturated heterocycles. The molecule has 0 amide bonds. The third-order valence-corrected chi connectivity index (χ3v) is 17.9. The number of rotatable bonds is 3. The summed E-state index contributed by atoms with van der Waals surface area (Å²) in [5, 5.41) is 3.72. The first-order chi connectivity index (χ1) is 33.3. The molecule has 0 N–H and O–H groups in total. The minimum atomic E-state index is -0.140. The van der Waals surface area contributed by atoms with Crippen molar-refractivity contribution >= 4 is 79.2 Å². The number of aryl methyl sites for hydroxylation is 1. The van der Waals surface area contributed by atoms with Gasteiger partial charge >= 0.3 is 0 Å². The molecule has 2 aliphatic carbocycles. The van der Waals surface area contributed by atoms with E-state index >= 15 is 0 Å². The van der Waals surface area contributed by atoms with Crippen LogP contribution >= 0.6 is 0 Å². The van der Waals surface area contributed by atoms with Crippen molar-refractivity contribution in [2.24, 2.45) is 0 Å². The van der Waals surface area contributed by atoms with Crippen molar-refractivity contribution in [2.45, 2.75) is 162 Å². The molecule has 71 heavy (non-hydrogen) atoms. The van der Waals surface area contributed by atoms with E-state index in [2.05, 4.69) is 235 Å². The van der Waals surface area contributed by atoms with Gasteiger partial charge in [0.1, 0.15) is 5.58 Å². The molecule has 360 valence electrons. The van der Waals surface area contributed by atoms with E-state index in [1.54, 1.807) is 0 Å². The van der Waals surface area contributed by atoms with Gasteiger partial charge in [0.05, 0.1) is 17.0 Å². The number of hydrogen-bond donors (Lipinski definition) is 0. The van der Waals surface area contributed by atoms with E-state index in [9.17, 15) is 0 Å². The fourth-order valence-corrected chi connectivity index (χ4v) is 13.2. The molecule has 0 bridgehead atoms. The second-order valence-corrected chi connectivity index (χ2v) is 26.8. The van der Waals surface area contributed by atoms with Gasteiger partial charge in [-0.25, -0.2) is 0 Å². The Morgan fingerprint density at radius 2 is 1.03 bits per heavy atom. The molecule has 0 unspecified atom stereocenters. The molecular weight excluding hydrogens is 860 g/mol. The highest BCUT2D eigenvalue weighted by Gasteiger charge is 2.50. The second-order valence-electron chi connectivity index (χ2n) is 26.8. The molecule has 4 aliphatic rings. The summed E-state index contributed by atoms with van der Waals surface area (Å²) in [4.78, 5) is 5.27. The van der Waals surface area contributed by atoms with Crippen molar-refractivity contribution in [3.63, 3.8) is 0 Å². The Kier molecular flexibility index (Phi) is 9.76. The van der Waals surface area contributed by atoms with Crippen LogP contribution in [0.5, 0.6) is 0 Å². The van der Waals surface area contributed by atoms with E-state index in [4.69, 9.17) is 4.42 Å². The van der Waals surface area contributed by atoms with Crippen LogP contribution in [0.3, 0.4) is 0 Å². The minimum Gasteiger partial charge on any atom is -0.468 e. The standard InChI is InChI=1S/C67H73BN2O/c1-40-33-56-59-57(34-40)70(54-28-25-43(63(5,6)7)35-47(54)46-22-18-20-41-19-16-17-21-45(41)46)55-38-51-50(65(10,11)30-31-66(51,12)13)37-53(55)68(59)61-60(69(56)44-26-23-42(24-27-44)62(2,3)4)48-36-49-52(39-58(48)71-61)67(14,15)32-29-64(49,8)9/h16-28,33-39H,29-32H2,1-15H3. The average molecular weight is 933 g/mol. The van der Waals surface area contributed by atoms with E-state index in [1.165, 1.54) is 106 Å². The van der Waals surface area contributed by atoms with Crippen LogP contribution in [0.4, 0.5) is 34.1 Å².